The maximum Gasteiger partial charge on any atom is 0.305 e. The lowest BCUT2D eigenvalue weighted by Gasteiger charge is -2.35. The van der Waals surface area contributed by atoms with E-state index in [4.69, 9.17) is 5.11 Å². The molecule has 10 heteroatoms. The number of aryl methyl sites for hydroxylation is 1. The number of amides is 1. The number of pyridine rings is 1. The van der Waals surface area contributed by atoms with Gasteiger partial charge in [0, 0.05) is 12.6 Å². The fourth-order valence-corrected chi connectivity index (χ4v) is 4.29. The zero-order valence-electron chi connectivity index (χ0n) is 16.7. The molecule has 0 bridgehead atoms. The molecule has 1 aliphatic carbocycles. The Bertz CT molecular complexity index is 1060. The predicted molar refractivity (Wildman–Crippen MR) is 110 cm³/mol. The van der Waals surface area contributed by atoms with Crippen LogP contribution in [0.2, 0.25) is 0 Å². The quantitative estimate of drug-likeness (QED) is 0.565. The number of nitrogens with zero attached hydrogens (tertiary/aromatic N) is 3. The summed E-state index contributed by atoms with van der Waals surface area (Å²) >= 11 is 0. The highest BCUT2D eigenvalue weighted by molar-refractivity contribution is 5.97. The van der Waals surface area contributed by atoms with Gasteiger partial charge in [-0.1, -0.05) is 6.42 Å². The van der Waals surface area contributed by atoms with Gasteiger partial charge in [-0.3, -0.25) is 19.0 Å². The van der Waals surface area contributed by atoms with Gasteiger partial charge in [-0.2, -0.15) is 0 Å². The fourth-order valence-electron chi connectivity index (χ4n) is 4.29. The summed E-state index contributed by atoms with van der Waals surface area (Å²) in [7, 11) is 0. The van der Waals surface area contributed by atoms with Crippen molar-refractivity contribution in [2.24, 2.45) is 0 Å². The number of carbonyl (C=O) groups excluding carboxylic acids is 1. The van der Waals surface area contributed by atoms with Crippen LogP contribution in [0.5, 0.6) is 0 Å². The second-order valence-electron chi connectivity index (χ2n) is 7.76. The Morgan fingerprint density at radius 1 is 1.20 bits per heavy atom. The monoisotopic (exact) mass is 412 g/mol. The van der Waals surface area contributed by atoms with Crippen LogP contribution in [0.25, 0.3) is 0 Å². The smallest absolute Gasteiger partial charge is 0.305 e. The van der Waals surface area contributed by atoms with Crippen LogP contribution in [0.3, 0.4) is 0 Å². The normalized spacial score (nSPS) is 16.8. The third-order valence-corrected chi connectivity index (χ3v) is 5.64. The highest BCUT2D eigenvalue weighted by Gasteiger charge is 2.45. The summed E-state index contributed by atoms with van der Waals surface area (Å²) in [6.07, 6.45) is 5.77. The minimum absolute atomic E-state index is 0.0404. The van der Waals surface area contributed by atoms with E-state index in [1.54, 1.807) is 16.7 Å². The minimum Gasteiger partial charge on any atom is -0.481 e. The van der Waals surface area contributed by atoms with Gasteiger partial charge in [0.05, 0.1) is 6.42 Å². The largest absolute Gasteiger partial charge is 0.481 e. The average Bonchev–Trinajstić information content (AvgIpc) is 2.98. The molecule has 2 aromatic rings. The SMILES string of the molecule is Cc1cc(Nc2cc(NCCC(=O)O)ncn2)c(=O)n2c1C(=O)NC21CCCCC1. The van der Waals surface area contributed by atoms with Gasteiger partial charge in [-0.05, 0) is 44.2 Å². The summed E-state index contributed by atoms with van der Waals surface area (Å²) < 4.78 is 1.62. The lowest BCUT2D eigenvalue weighted by molar-refractivity contribution is -0.136. The van der Waals surface area contributed by atoms with E-state index < -0.39 is 11.6 Å². The first-order valence-corrected chi connectivity index (χ1v) is 10.0. The summed E-state index contributed by atoms with van der Waals surface area (Å²) in [5, 5.41) is 17.8. The van der Waals surface area contributed by atoms with Crippen LogP contribution in [0, 0.1) is 6.92 Å². The molecule has 0 radical (unpaired) electrons. The van der Waals surface area contributed by atoms with Crippen LogP contribution in [-0.2, 0) is 10.5 Å². The number of carbonyl (C=O) groups is 2. The molecule has 2 aromatic heterocycles. The molecule has 1 aliphatic heterocycles. The first-order valence-electron chi connectivity index (χ1n) is 10.0. The number of hydrogen-bond acceptors (Lipinski definition) is 7. The van der Waals surface area contributed by atoms with E-state index in [0.29, 0.717) is 28.6 Å². The third kappa shape index (κ3) is 3.60. The van der Waals surface area contributed by atoms with Crippen molar-refractivity contribution >= 4 is 29.2 Å². The molecule has 4 N–H and O–H groups in total. The first-order chi connectivity index (χ1) is 14.4. The molecule has 0 aromatic carbocycles. The molecular weight excluding hydrogens is 388 g/mol. The number of fused-ring (bicyclic) bond motifs is 2. The number of carboxylic acid groups (broad SMARTS) is 1. The van der Waals surface area contributed by atoms with Crippen molar-refractivity contribution in [3.63, 3.8) is 0 Å². The molecule has 30 heavy (non-hydrogen) atoms. The van der Waals surface area contributed by atoms with Crippen molar-refractivity contribution in [3.8, 4) is 0 Å². The lowest BCUT2D eigenvalue weighted by Crippen LogP contribution is -2.48. The summed E-state index contributed by atoms with van der Waals surface area (Å²) in [5.74, 6) is -0.261. The standard InChI is InChI=1S/C20H24N6O4/c1-12-9-13(24-15-10-14(22-11-23-15)21-8-5-16(27)28)19(30)26-17(12)18(29)25-20(26)6-3-2-4-7-20/h9-11H,2-8H2,1H3,(H,25,29)(H,27,28)(H2,21,22,23,24). The number of aliphatic carboxylic acids is 1. The molecule has 2 aliphatic rings. The van der Waals surface area contributed by atoms with Gasteiger partial charge in [-0.25, -0.2) is 9.97 Å². The molecule has 3 heterocycles. The molecule has 0 saturated heterocycles. The average molecular weight is 412 g/mol. The number of aromatic nitrogens is 3. The van der Waals surface area contributed by atoms with E-state index in [1.165, 1.54) is 6.33 Å². The van der Waals surface area contributed by atoms with Gasteiger partial charge in [0.15, 0.2) is 0 Å². The molecule has 4 rings (SSSR count). The van der Waals surface area contributed by atoms with Crippen molar-refractivity contribution in [3.05, 3.63) is 40.1 Å². The first kappa shape index (κ1) is 19.9. The Labute approximate surface area is 172 Å². The fraction of sp³-hybridized carbons (Fsp3) is 0.450. The van der Waals surface area contributed by atoms with Crippen molar-refractivity contribution in [2.75, 3.05) is 17.2 Å². The number of nitrogens with one attached hydrogen (secondary N) is 3. The summed E-state index contributed by atoms with van der Waals surface area (Å²) in [6.45, 7) is 2.04. The Kier molecular flexibility index (Phi) is 5.15. The summed E-state index contributed by atoms with van der Waals surface area (Å²) in [4.78, 5) is 44.8. The van der Waals surface area contributed by atoms with Crippen LogP contribution in [0.4, 0.5) is 17.3 Å². The van der Waals surface area contributed by atoms with E-state index in [2.05, 4.69) is 25.9 Å². The summed E-state index contributed by atoms with van der Waals surface area (Å²) in [6, 6.07) is 3.27. The lowest BCUT2D eigenvalue weighted by atomic mass is 9.89. The Morgan fingerprint density at radius 3 is 2.67 bits per heavy atom. The molecular formula is C20H24N6O4. The van der Waals surface area contributed by atoms with Crippen molar-refractivity contribution in [1.29, 1.82) is 0 Å². The van der Waals surface area contributed by atoms with E-state index in [1.807, 2.05) is 6.92 Å². The van der Waals surface area contributed by atoms with Crippen molar-refractivity contribution in [2.45, 2.75) is 51.1 Å². The van der Waals surface area contributed by atoms with Crippen molar-refractivity contribution in [1.82, 2.24) is 19.9 Å². The van der Waals surface area contributed by atoms with Gasteiger partial charge in [0.2, 0.25) is 0 Å². The Morgan fingerprint density at radius 2 is 1.93 bits per heavy atom. The van der Waals surface area contributed by atoms with Gasteiger partial charge >= 0.3 is 5.97 Å². The van der Waals surface area contributed by atoms with Crippen LogP contribution in [-0.4, -0.2) is 38.1 Å². The highest BCUT2D eigenvalue weighted by Crippen LogP contribution is 2.37. The second-order valence-corrected chi connectivity index (χ2v) is 7.76. The number of hydrogen-bond donors (Lipinski definition) is 4. The van der Waals surface area contributed by atoms with Crippen LogP contribution >= 0.6 is 0 Å². The van der Waals surface area contributed by atoms with Crippen LogP contribution in [0.15, 0.2) is 23.3 Å². The van der Waals surface area contributed by atoms with Gasteiger partial charge in [0.25, 0.3) is 11.5 Å². The number of anilines is 3. The van der Waals surface area contributed by atoms with Gasteiger partial charge in [0.1, 0.15) is 35.0 Å². The molecule has 158 valence electrons. The molecule has 1 spiro atoms. The van der Waals surface area contributed by atoms with E-state index in [9.17, 15) is 14.4 Å². The zero-order valence-corrected chi connectivity index (χ0v) is 16.7. The molecule has 1 fully saturated rings. The third-order valence-electron chi connectivity index (χ3n) is 5.64. The zero-order chi connectivity index (χ0) is 21.3. The summed E-state index contributed by atoms with van der Waals surface area (Å²) in [5.41, 5.74) is 0.541. The maximum absolute atomic E-state index is 13.4. The van der Waals surface area contributed by atoms with Gasteiger partial charge in [-0.15, -0.1) is 0 Å². The van der Waals surface area contributed by atoms with Crippen LogP contribution in [0.1, 0.15) is 54.6 Å². The maximum atomic E-state index is 13.4. The Hall–Kier alpha value is -3.43. The van der Waals surface area contributed by atoms with Crippen LogP contribution < -0.4 is 21.5 Å². The molecule has 1 amide bonds. The highest BCUT2D eigenvalue weighted by atomic mass is 16.4. The van der Waals surface area contributed by atoms with E-state index in [0.717, 1.165) is 32.1 Å². The minimum atomic E-state index is -0.906. The second kappa shape index (κ2) is 7.77. The van der Waals surface area contributed by atoms with E-state index in [-0.39, 0.29) is 24.4 Å². The van der Waals surface area contributed by atoms with Gasteiger partial charge < -0.3 is 21.1 Å². The number of carboxylic acids is 1. The molecule has 0 unspecified atom stereocenters. The van der Waals surface area contributed by atoms with E-state index >= 15 is 0 Å². The molecule has 1 saturated carbocycles. The Balaban J connectivity index is 1.65. The number of rotatable bonds is 6. The topological polar surface area (TPSA) is 138 Å². The molecule has 0 atom stereocenters. The molecule has 10 nitrogen and oxygen atoms in total. The van der Waals surface area contributed by atoms with Crippen molar-refractivity contribution < 1.29 is 14.7 Å². The predicted octanol–water partition coefficient (Wildman–Crippen LogP) is 1.94.